The van der Waals surface area contributed by atoms with Gasteiger partial charge in [-0.3, -0.25) is 4.79 Å². The zero-order chi connectivity index (χ0) is 17.0. The summed E-state index contributed by atoms with van der Waals surface area (Å²) in [6.45, 7) is 6.24. The van der Waals surface area contributed by atoms with E-state index in [-0.39, 0.29) is 23.3 Å². The molecule has 1 amide bonds. The molecule has 0 saturated heterocycles. The fourth-order valence-electron chi connectivity index (χ4n) is 2.25. The van der Waals surface area contributed by atoms with E-state index in [4.69, 9.17) is 4.74 Å². The van der Waals surface area contributed by atoms with Gasteiger partial charge in [0.1, 0.15) is 17.9 Å². The lowest BCUT2D eigenvalue weighted by Crippen LogP contribution is -2.36. The molecule has 0 saturated carbocycles. The summed E-state index contributed by atoms with van der Waals surface area (Å²) in [7, 11) is 1.77. The van der Waals surface area contributed by atoms with Crippen LogP contribution in [0.15, 0.2) is 30.7 Å². The highest BCUT2D eigenvalue weighted by atomic mass is 19.1. The number of hydrogen-bond donors (Lipinski definition) is 0. The van der Waals surface area contributed by atoms with Crippen molar-refractivity contribution in [2.75, 3.05) is 6.54 Å². The Morgan fingerprint density at radius 3 is 2.74 bits per heavy atom. The van der Waals surface area contributed by atoms with E-state index in [1.807, 2.05) is 20.8 Å². The number of ether oxygens (including phenoxy) is 1. The first kappa shape index (κ1) is 16.9. The highest BCUT2D eigenvalue weighted by molar-refractivity contribution is 6.32. The van der Waals surface area contributed by atoms with Crippen LogP contribution in [-0.2, 0) is 0 Å². The quantitative estimate of drug-likeness (QED) is 0.786. The summed E-state index contributed by atoms with van der Waals surface area (Å²) >= 11 is 0. The Morgan fingerprint density at radius 2 is 2.13 bits per heavy atom. The third-order valence-electron chi connectivity index (χ3n) is 3.48. The highest BCUT2D eigenvalue weighted by Gasteiger charge is 2.22. The van der Waals surface area contributed by atoms with Crippen molar-refractivity contribution in [2.24, 2.45) is 0 Å². The lowest BCUT2D eigenvalue weighted by Gasteiger charge is -2.26. The molecule has 0 fully saturated rings. The number of carbonyl (C=O) groups is 1. The van der Waals surface area contributed by atoms with E-state index in [0.717, 1.165) is 0 Å². The SMILES string of the molecule is Bc1ncncc1Oc1ccc(F)cc1C(=O)N(CC)C(C)C. The maximum Gasteiger partial charge on any atom is 0.257 e. The maximum atomic E-state index is 13.6. The minimum atomic E-state index is -0.485. The molecule has 23 heavy (non-hydrogen) atoms. The van der Waals surface area contributed by atoms with Gasteiger partial charge < -0.3 is 9.64 Å². The summed E-state index contributed by atoms with van der Waals surface area (Å²) in [6.07, 6.45) is 2.93. The van der Waals surface area contributed by atoms with Gasteiger partial charge in [0.2, 0.25) is 0 Å². The first-order valence-electron chi connectivity index (χ1n) is 7.49. The third kappa shape index (κ3) is 3.86. The van der Waals surface area contributed by atoms with Gasteiger partial charge in [0.05, 0.1) is 11.8 Å². The first-order valence-corrected chi connectivity index (χ1v) is 7.49. The predicted molar refractivity (Wildman–Crippen MR) is 88.5 cm³/mol. The summed E-state index contributed by atoms with van der Waals surface area (Å²) in [4.78, 5) is 22.3. The average molecular weight is 315 g/mol. The van der Waals surface area contributed by atoms with Gasteiger partial charge in [-0.05, 0) is 39.0 Å². The number of halogens is 1. The number of carbonyl (C=O) groups excluding carboxylic acids is 1. The topological polar surface area (TPSA) is 55.3 Å². The first-order chi connectivity index (χ1) is 10.9. The van der Waals surface area contributed by atoms with Gasteiger partial charge in [0, 0.05) is 18.2 Å². The fraction of sp³-hybridized carbons (Fsp3) is 0.312. The van der Waals surface area contributed by atoms with Gasteiger partial charge >= 0.3 is 0 Å². The monoisotopic (exact) mass is 315 g/mol. The summed E-state index contributed by atoms with van der Waals surface area (Å²) in [5.41, 5.74) is 0.822. The minimum absolute atomic E-state index is 0.00501. The second kappa shape index (κ2) is 7.22. The normalized spacial score (nSPS) is 10.7. The molecule has 7 heteroatoms. The molecule has 0 aliphatic heterocycles. The van der Waals surface area contributed by atoms with Gasteiger partial charge in [0.15, 0.2) is 13.6 Å². The van der Waals surface area contributed by atoms with E-state index in [1.54, 1.807) is 12.7 Å². The fourth-order valence-corrected chi connectivity index (χ4v) is 2.25. The van der Waals surface area contributed by atoms with Crippen LogP contribution in [0.1, 0.15) is 31.1 Å². The number of benzene rings is 1. The van der Waals surface area contributed by atoms with E-state index in [1.165, 1.54) is 30.7 Å². The number of rotatable bonds is 5. The molecule has 0 atom stereocenters. The van der Waals surface area contributed by atoms with Crippen LogP contribution in [0.5, 0.6) is 11.5 Å². The molecular weight excluding hydrogens is 296 g/mol. The summed E-state index contributed by atoms with van der Waals surface area (Å²) in [6, 6.07) is 3.91. The summed E-state index contributed by atoms with van der Waals surface area (Å²) < 4.78 is 19.4. The molecule has 0 unspecified atom stereocenters. The average Bonchev–Trinajstić information content (AvgIpc) is 2.51. The van der Waals surface area contributed by atoms with Crippen LogP contribution in [0.4, 0.5) is 4.39 Å². The van der Waals surface area contributed by atoms with E-state index in [0.29, 0.717) is 17.9 Å². The predicted octanol–water partition coefficient (Wildman–Crippen LogP) is 1.54. The number of aromatic nitrogens is 2. The summed E-state index contributed by atoms with van der Waals surface area (Å²) in [5.74, 6) is -0.0396. The van der Waals surface area contributed by atoms with Gasteiger partial charge in [-0.25, -0.2) is 14.4 Å². The Bertz CT molecular complexity index is 709. The molecule has 1 aromatic heterocycles. The Balaban J connectivity index is 2.42. The molecule has 1 heterocycles. The van der Waals surface area contributed by atoms with Crippen molar-refractivity contribution in [1.82, 2.24) is 14.9 Å². The van der Waals surface area contributed by atoms with Gasteiger partial charge in [-0.15, -0.1) is 0 Å². The largest absolute Gasteiger partial charge is 0.454 e. The molecule has 0 N–H and O–H groups in total. The second-order valence-corrected chi connectivity index (χ2v) is 5.40. The number of amides is 1. The molecule has 0 radical (unpaired) electrons. The van der Waals surface area contributed by atoms with E-state index >= 15 is 0 Å². The maximum absolute atomic E-state index is 13.6. The Hall–Kier alpha value is -2.44. The van der Waals surface area contributed by atoms with E-state index < -0.39 is 5.82 Å². The van der Waals surface area contributed by atoms with Crippen molar-refractivity contribution >= 4 is 19.3 Å². The Kier molecular flexibility index (Phi) is 5.31. The standard InChI is InChI=1S/C16H19BFN3O2/c1-4-21(10(2)3)16(22)12-7-11(18)5-6-13(12)23-14-8-19-9-20-15(14)17/h5-10H,4,17H2,1-3H3. The molecule has 2 rings (SSSR count). The smallest absolute Gasteiger partial charge is 0.257 e. The van der Waals surface area contributed by atoms with Crippen LogP contribution in [0.3, 0.4) is 0 Å². The van der Waals surface area contributed by atoms with Crippen molar-refractivity contribution in [2.45, 2.75) is 26.8 Å². The second-order valence-electron chi connectivity index (χ2n) is 5.40. The Labute approximate surface area is 135 Å². The molecule has 120 valence electrons. The van der Waals surface area contributed by atoms with Crippen molar-refractivity contribution in [3.63, 3.8) is 0 Å². The highest BCUT2D eigenvalue weighted by Crippen LogP contribution is 2.26. The van der Waals surface area contributed by atoms with Crippen molar-refractivity contribution in [3.8, 4) is 11.5 Å². The number of hydrogen-bond acceptors (Lipinski definition) is 4. The molecule has 1 aromatic carbocycles. The van der Waals surface area contributed by atoms with E-state index in [2.05, 4.69) is 9.97 Å². The minimum Gasteiger partial charge on any atom is -0.454 e. The molecular formula is C16H19BFN3O2. The van der Waals surface area contributed by atoms with Crippen LogP contribution < -0.4 is 10.3 Å². The molecule has 0 bridgehead atoms. The van der Waals surface area contributed by atoms with Crippen molar-refractivity contribution < 1.29 is 13.9 Å². The number of nitrogens with zero attached hydrogens (tertiary/aromatic N) is 3. The van der Waals surface area contributed by atoms with Crippen LogP contribution in [0.2, 0.25) is 0 Å². The zero-order valence-corrected chi connectivity index (χ0v) is 13.7. The molecule has 0 spiro atoms. The van der Waals surface area contributed by atoms with Crippen LogP contribution in [-0.4, -0.2) is 41.2 Å². The lowest BCUT2D eigenvalue weighted by atomic mass is 10.0. The Morgan fingerprint density at radius 1 is 1.39 bits per heavy atom. The van der Waals surface area contributed by atoms with Crippen LogP contribution in [0, 0.1) is 5.82 Å². The lowest BCUT2D eigenvalue weighted by molar-refractivity contribution is 0.0713. The van der Waals surface area contributed by atoms with Crippen molar-refractivity contribution in [1.29, 1.82) is 0 Å². The molecule has 0 aliphatic rings. The molecule has 2 aromatic rings. The van der Waals surface area contributed by atoms with Crippen LogP contribution in [0.25, 0.3) is 0 Å². The van der Waals surface area contributed by atoms with E-state index in [9.17, 15) is 9.18 Å². The van der Waals surface area contributed by atoms with Crippen LogP contribution >= 0.6 is 0 Å². The van der Waals surface area contributed by atoms with Gasteiger partial charge in [-0.1, -0.05) is 0 Å². The van der Waals surface area contributed by atoms with Gasteiger partial charge in [0.25, 0.3) is 5.91 Å². The summed E-state index contributed by atoms with van der Waals surface area (Å²) in [5, 5.41) is 0. The van der Waals surface area contributed by atoms with Gasteiger partial charge in [-0.2, -0.15) is 0 Å². The molecule has 5 nitrogen and oxygen atoms in total. The molecule has 0 aliphatic carbocycles. The zero-order valence-electron chi connectivity index (χ0n) is 13.7. The third-order valence-corrected chi connectivity index (χ3v) is 3.48. The van der Waals surface area contributed by atoms with Crippen molar-refractivity contribution in [3.05, 3.63) is 42.1 Å².